The van der Waals surface area contributed by atoms with Crippen LogP contribution in [0.1, 0.15) is 36.0 Å². The van der Waals surface area contributed by atoms with Crippen LogP contribution >= 0.6 is 11.6 Å². The predicted octanol–water partition coefficient (Wildman–Crippen LogP) is 1.89. The molecule has 1 aromatic heterocycles. The van der Waals surface area contributed by atoms with E-state index in [4.69, 9.17) is 31.4 Å². The van der Waals surface area contributed by atoms with Crippen molar-refractivity contribution in [1.29, 1.82) is 0 Å². The van der Waals surface area contributed by atoms with Gasteiger partial charge >= 0.3 is 0 Å². The normalized spacial score (nSPS) is 25.6. The average molecular weight is 508 g/mol. The van der Waals surface area contributed by atoms with Crippen molar-refractivity contribution in [2.75, 3.05) is 26.2 Å². The number of rotatable bonds is 2. The largest absolute Gasteiger partial charge is 0.483 e. The third-order valence-electron chi connectivity index (χ3n) is 7.08. The SMILES string of the molecule is O=C(c1c[nH]c2cc(Cl)ccc2c1=O)N1C[C@H]2C[C@@H](N3CCCC3)[C@H](O)C[C@H]2C1.O=CO.O=CO. The van der Waals surface area contributed by atoms with Crippen LogP contribution in [-0.2, 0) is 9.59 Å². The van der Waals surface area contributed by atoms with E-state index < -0.39 is 0 Å². The van der Waals surface area contributed by atoms with Gasteiger partial charge in [-0.1, -0.05) is 11.6 Å². The Morgan fingerprint density at radius 1 is 1.06 bits per heavy atom. The van der Waals surface area contributed by atoms with Crippen LogP contribution in [0.15, 0.2) is 29.2 Å². The summed E-state index contributed by atoms with van der Waals surface area (Å²) in [5.74, 6) is 0.488. The zero-order chi connectivity index (χ0) is 25.5. The Labute approximate surface area is 207 Å². The molecule has 0 spiro atoms. The number of carbonyl (C=O) groups is 3. The van der Waals surface area contributed by atoms with Gasteiger partial charge in [-0.3, -0.25) is 24.1 Å². The van der Waals surface area contributed by atoms with Crippen molar-refractivity contribution in [2.24, 2.45) is 11.8 Å². The monoisotopic (exact) mass is 507 g/mol. The lowest BCUT2D eigenvalue weighted by Crippen LogP contribution is -2.48. The van der Waals surface area contributed by atoms with Crippen molar-refractivity contribution in [3.8, 4) is 0 Å². The predicted molar refractivity (Wildman–Crippen MR) is 130 cm³/mol. The van der Waals surface area contributed by atoms with E-state index in [-0.39, 0.29) is 42.0 Å². The lowest BCUT2D eigenvalue weighted by atomic mass is 9.77. The highest BCUT2D eigenvalue weighted by Crippen LogP contribution is 2.39. The molecule has 0 radical (unpaired) electrons. The van der Waals surface area contributed by atoms with Crippen LogP contribution in [0.2, 0.25) is 5.02 Å². The molecule has 4 N–H and O–H groups in total. The van der Waals surface area contributed by atoms with Crippen molar-refractivity contribution in [1.82, 2.24) is 14.8 Å². The van der Waals surface area contributed by atoms with Crippen LogP contribution in [0, 0.1) is 11.8 Å². The van der Waals surface area contributed by atoms with Crippen LogP contribution in [-0.4, -0.2) is 87.3 Å². The van der Waals surface area contributed by atoms with Crippen molar-refractivity contribution < 1.29 is 29.7 Å². The summed E-state index contributed by atoms with van der Waals surface area (Å²) in [7, 11) is 0. The average Bonchev–Trinajstić information content (AvgIpc) is 3.49. The summed E-state index contributed by atoms with van der Waals surface area (Å²) in [6, 6.07) is 5.23. The zero-order valence-electron chi connectivity index (χ0n) is 19.2. The number of aliphatic hydroxyl groups is 1. The number of pyridine rings is 1. The third-order valence-corrected chi connectivity index (χ3v) is 7.31. The Bertz CT molecular complexity index is 1100. The molecule has 0 unspecified atom stereocenters. The molecule has 2 aromatic rings. The number of benzene rings is 1. The second-order valence-electron chi connectivity index (χ2n) is 9.01. The van der Waals surface area contributed by atoms with Crippen molar-refractivity contribution in [2.45, 2.75) is 37.8 Å². The quantitative estimate of drug-likeness (QED) is 0.450. The maximum atomic E-state index is 13.1. The Morgan fingerprint density at radius 3 is 2.29 bits per heavy atom. The maximum Gasteiger partial charge on any atom is 0.290 e. The first-order chi connectivity index (χ1) is 16.8. The molecule has 2 aliphatic heterocycles. The van der Waals surface area contributed by atoms with Crippen LogP contribution in [0.5, 0.6) is 0 Å². The number of aromatic amines is 1. The van der Waals surface area contributed by atoms with E-state index in [1.54, 1.807) is 23.1 Å². The molecule has 3 aliphatic rings. The van der Waals surface area contributed by atoms with Gasteiger partial charge in [-0.15, -0.1) is 0 Å². The summed E-state index contributed by atoms with van der Waals surface area (Å²) in [5.41, 5.74) is 0.547. The van der Waals surface area contributed by atoms with Crippen LogP contribution in [0.25, 0.3) is 10.9 Å². The number of carboxylic acid groups (broad SMARTS) is 2. The fraction of sp³-hybridized carbons (Fsp3) is 0.500. The fourth-order valence-electron chi connectivity index (χ4n) is 5.56. The van der Waals surface area contributed by atoms with E-state index in [0.29, 0.717) is 40.9 Å². The topological polar surface area (TPSA) is 151 Å². The maximum absolute atomic E-state index is 13.1. The molecule has 35 heavy (non-hydrogen) atoms. The van der Waals surface area contributed by atoms with Gasteiger partial charge in [0, 0.05) is 35.7 Å². The molecule has 190 valence electrons. The molecule has 1 amide bonds. The number of hydrogen-bond donors (Lipinski definition) is 4. The van der Waals surface area contributed by atoms with E-state index in [1.807, 2.05) is 0 Å². The van der Waals surface area contributed by atoms with E-state index in [2.05, 4.69) is 9.88 Å². The fourth-order valence-corrected chi connectivity index (χ4v) is 5.73. The van der Waals surface area contributed by atoms with Crippen LogP contribution in [0.4, 0.5) is 0 Å². The molecule has 11 heteroatoms. The number of carbonyl (C=O) groups excluding carboxylic acids is 1. The highest BCUT2D eigenvalue weighted by atomic mass is 35.5. The highest BCUT2D eigenvalue weighted by molar-refractivity contribution is 6.31. The van der Waals surface area contributed by atoms with Gasteiger partial charge in [0.1, 0.15) is 5.56 Å². The van der Waals surface area contributed by atoms with Crippen molar-refractivity contribution >= 4 is 41.4 Å². The molecule has 1 aliphatic carbocycles. The van der Waals surface area contributed by atoms with E-state index in [9.17, 15) is 14.7 Å². The molecule has 1 aromatic carbocycles. The molecule has 3 fully saturated rings. The number of likely N-dealkylation sites (tertiary alicyclic amines) is 2. The van der Waals surface area contributed by atoms with E-state index in [1.165, 1.54) is 19.0 Å². The smallest absolute Gasteiger partial charge is 0.290 e. The standard InChI is InChI=1S/C22H26ClN3O3.2CH2O2/c23-15-3-4-16-18(9-15)24-10-17(21(16)28)22(29)26-11-13-7-19(25-5-1-2-6-25)20(27)8-14(13)12-26;2*2-1-3/h3-4,9-10,13-14,19-20,27H,1-2,5-8,11-12H2,(H,24,28);2*1H,(H,2,3)/t13-,14+,19-,20-;;/m1../s1. The molecular weight excluding hydrogens is 478 g/mol. The summed E-state index contributed by atoms with van der Waals surface area (Å²) in [6.45, 7) is 2.92. The number of nitrogens with zero attached hydrogens (tertiary/aromatic N) is 2. The van der Waals surface area contributed by atoms with Gasteiger partial charge in [0.2, 0.25) is 5.43 Å². The number of nitrogens with one attached hydrogen (secondary N) is 1. The summed E-state index contributed by atoms with van der Waals surface area (Å²) in [5, 5.41) is 25.5. The summed E-state index contributed by atoms with van der Waals surface area (Å²) >= 11 is 6.00. The van der Waals surface area contributed by atoms with Gasteiger partial charge in [0.15, 0.2) is 0 Å². The molecule has 5 rings (SSSR count). The summed E-state index contributed by atoms with van der Waals surface area (Å²) in [4.78, 5) is 50.0. The first kappa shape index (κ1) is 26.7. The lowest BCUT2D eigenvalue weighted by Gasteiger charge is -2.40. The minimum atomic E-state index is -0.321. The van der Waals surface area contributed by atoms with Gasteiger partial charge in [-0.25, -0.2) is 0 Å². The van der Waals surface area contributed by atoms with Crippen LogP contribution < -0.4 is 5.43 Å². The Morgan fingerprint density at radius 2 is 1.66 bits per heavy atom. The Balaban J connectivity index is 0.000000520. The van der Waals surface area contributed by atoms with Gasteiger partial charge in [0.05, 0.1) is 11.6 Å². The first-order valence-corrected chi connectivity index (χ1v) is 11.9. The Hall–Kier alpha value is -2.95. The molecular formula is C24H30ClN3O7. The molecule has 0 bridgehead atoms. The van der Waals surface area contributed by atoms with E-state index in [0.717, 1.165) is 25.9 Å². The minimum absolute atomic E-state index is 0.176. The number of fused-ring (bicyclic) bond motifs is 2. The third kappa shape index (κ3) is 6.01. The number of hydrogen-bond acceptors (Lipinski definition) is 6. The van der Waals surface area contributed by atoms with Gasteiger partial charge in [-0.05, 0) is 68.8 Å². The molecule has 1 saturated carbocycles. The number of aliphatic hydroxyl groups excluding tert-OH is 1. The molecule has 10 nitrogen and oxygen atoms in total. The summed E-state index contributed by atoms with van der Waals surface area (Å²) < 4.78 is 0. The summed E-state index contributed by atoms with van der Waals surface area (Å²) in [6.07, 6.45) is 5.27. The first-order valence-electron chi connectivity index (χ1n) is 11.5. The van der Waals surface area contributed by atoms with Crippen molar-refractivity contribution in [3.63, 3.8) is 0 Å². The van der Waals surface area contributed by atoms with Gasteiger partial charge in [-0.2, -0.15) is 0 Å². The van der Waals surface area contributed by atoms with E-state index >= 15 is 0 Å². The lowest BCUT2D eigenvalue weighted by molar-refractivity contribution is -0.123. The number of aromatic nitrogens is 1. The second-order valence-corrected chi connectivity index (χ2v) is 9.45. The van der Waals surface area contributed by atoms with Gasteiger partial charge in [0.25, 0.3) is 18.9 Å². The number of amides is 1. The van der Waals surface area contributed by atoms with Gasteiger partial charge < -0.3 is 25.2 Å². The van der Waals surface area contributed by atoms with Crippen molar-refractivity contribution in [3.05, 3.63) is 45.2 Å². The highest BCUT2D eigenvalue weighted by Gasteiger charge is 2.45. The zero-order valence-corrected chi connectivity index (χ0v) is 19.9. The Kier molecular flexibility index (Phi) is 9.25. The second kappa shape index (κ2) is 12.1. The molecule has 2 saturated heterocycles. The number of H-pyrrole nitrogens is 1. The van der Waals surface area contributed by atoms with Crippen LogP contribution in [0.3, 0.4) is 0 Å². The molecule has 3 heterocycles. The number of halogens is 1. The molecule has 4 atom stereocenters. The minimum Gasteiger partial charge on any atom is -0.483 e.